The molecule has 1 atom stereocenters. The minimum atomic E-state index is 0.200. The SMILES string of the molecule is Cc1ccc(N2CCC(CNC(=O)C3CCN(C4CCOCC4)CC3)C2)cc1. The first-order valence-electron chi connectivity index (χ1n) is 11.1. The van der Waals surface area contributed by atoms with Crippen molar-refractivity contribution >= 4 is 11.6 Å². The number of benzene rings is 1. The maximum Gasteiger partial charge on any atom is 0.223 e. The smallest absolute Gasteiger partial charge is 0.223 e. The van der Waals surface area contributed by atoms with Crippen molar-refractivity contribution in [3.63, 3.8) is 0 Å². The summed E-state index contributed by atoms with van der Waals surface area (Å²) in [7, 11) is 0. The number of piperidine rings is 1. The summed E-state index contributed by atoms with van der Waals surface area (Å²) in [5, 5.41) is 3.27. The van der Waals surface area contributed by atoms with E-state index < -0.39 is 0 Å². The van der Waals surface area contributed by atoms with Gasteiger partial charge in [0.25, 0.3) is 0 Å². The lowest BCUT2D eigenvalue weighted by Gasteiger charge is -2.38. The van der Waals surface area contributed by atoms with E-state index in [0.717, 1.165) is 78.0 Å². The monoisotopic (exact) mass is 385 g/mol. The van der Waals surface area contributed by atoms with E-state index in [0.29, 0.717) is 12.0 Å². The second-order valence-electron chi connectivity index (χ2n) is 8.84. The number of ether oxygens (including phenoxy) is 1. The number of hydrogen-bond acceptors (Lipinski definition) is 4. The molecular weight excluding hydrogens is 350 g/mol. The van der Waals surface area contributed by atoms with Gasteiger partial charge in [0.05, 0.1) is 0 Å². The molecule has 0 aromatic heterocycles. The fourth-order valence-corrected chi connectivity index (χ4v) is 4.96. The van der Waals surface area contributed by atoms with Crippen LogP contribution in [0.2, 0.25) is 0 Å². The molecule has 0 radical (unpaired) electrons. The molecule has 1 N–H and O–H groups in total. The standard InChI is InChI=1S/C23H35N3O2/c1-18-2-4-21(5-3-18)26-11-6-19(17-26)16-24-23(27)20-7-12-25(13-8-20)22-9-14-28-15-10-22/h2-5,19-20,22H,6-17H2,1H3,(H,24,27). The van der Waals surface area contributed by atoms with Gasteiger partial charge < -0.3 is 19.9 Å². The van der Waals surface area contributed by atoms with E-state index in [9.17, 15) is 4.79 Å². The second kappa shape index (κ2) is 9.27. The average Bonchev–Trinajstić information content (AvgIpc) is 3.22. The van der Waals surface area contributed by atoms with Crippen LogP contribution >= 0.6 is 0 Å². The fourth-order valence-electron chi connectivity index (χ4n) is 4.96. The molecule has 1 amide bonds. The Morgan fingerprint density at radius 1 is 1.04 bits per heavy atom. The highest BCUT2D eigenvalue weighted by atomic mass is 16.5. The number of hydrogen-bond donors (Lipinski definition) is 1. The lowest BCUT2D eigenvalue weighted by Crippen LogP contribution is -2.47. The number of anilines is 1. The lowest BCUT2D eigenvalue weighted by molar-refractivity contribution is -0.127. The largest absolute Gasteiger partial charge is 0.381 e. The van der Waals surface area contributed by atoms with Crippen LogP contribution in [-0.4, -0.2) is 62.8 Å². The molecule has 1 aromatic rings. The molecular formula is C23H35N3O2. The molecule has 0 aliphatic carbocycles. The molecule has 4 rings (SSSR count). The van der Waals surface area contributed by atoms with Crippen LogP contribution in [0.5, 0.6) is 0 Å². The Bertz CT molecular complexity index is 634. The molecule has 3 aliphatic heterocycles. The summed E-state index contributed by atoms with van der Waals surface area (Å²) in [6.45, 7) is 9.00. The number of likely N-dealkylation sites (tertiary alicyclic amines) is 1. The van der Waals surface area contributed by atoms with Gasteiger partial charge in [-0.25, -0.2) is 0 Å². The number of carbonyl (C=O) groups excluding carboxylic acids is 1. The molecule has 0 spiro atoms. The Morgan fingerprint density at radius 3 is 2.46 bits per heavy atom. The van der Waals surface area contributed by atoms with Crippen molar-refractivity contribution in [1.29, 1.82) is 0 Å². The summed E-state index contributed by atoms with van der Waals surface area (Å²) in [4.78, 5) is 17.7. The molecule has 0 bridgehead atoms. The third-order valence-corrected chi connectivity index (χ3v) is 6.86. The maximum absolute atomic E-state index is 12.7. The van der Waals surface area contributed by atoms with Crippen molar-refractivity contribution < 1.29 is 9.53 Å². The average molecular weight is 386 g/mol. The summed E-state index contributed by atoms with van der Waals surface area (Å²) < 4.78 is 5.48. The first kappa shape index (κ1) is 19.7. The Morgan fingerprint density at radius 2 is 1.75 bits per heavy atom. The van der Waals surface area contributed by atoms with Crippen LogP contribution in [0.3, 0.4) is 0 Å². The molecule has 3 heterocycles. The van der Waals surface area contributed by atoms with Crippen LogP contribution in [0.15, 0.2) is 24.3 Å². The van der Waals surface area contributed by atoms with Crippen LogP contribution in [0.25, 0.3) is 0 Å². The van der Waals surface area contributed by atoms with Gasteiger partial charge in [-0.2, -0.15) is 0 Å². The van der Waals surface area contributed by atoms with E-state index in [-0.39, 0.29) is 11.8 Å². The van der Waals surface area contributed by atoms with E-state index in [1.54, 1.807) is 0 Å². The van der Waals surface area contributed by atoms with E-state index in [1.807, 2.05) is 0 Å². The molecule has 28 heavy (non-hydrogen) atoms. The minimum Gasteiger partial charge on any atom is -0.381 e. The summed E-state index contributed by atoms with van der Waals surface area (Å²) in [5.41, 5.74) is 2.61. The van der Waals surface area contributed by atoms with Crippen molar-refractivity contribution in [3.8, 4) is 0 Å². The molecule has 5 nitrogen and oxygen atoms in total. The number of rotatable bonds is 5. The molecule has 1 aromatic carbocycles. The first-order chi connectivity index (χ1) is 13.7. The Hall–Kier alpha value is -1.59. The van der Waals surface area contributed by atoms with Crippen molar-refractivity contribution in [2.75, 3.05) is 50.8 Å². The topological polar surface area (TPSA) is 44.8 Å². The zero-order chi connectivity index (χ0) is 19.3. The van der Waals surface area contributed by atoms with Gasteiger partial charge in [0, 0.05) is 50.5 Å². The van der Waals surface area contributed by atoms with Gasteiger partial charge in [-0.1, -0.05) is 17.7 Å². The Kier molecular flexibility index (Phi) is 6.53. The van der Waals surface area contributed by atoms with E-state index in [4.69, 9.17) is 4.74 Å². The predicted molar refractivity (Wildman–Crippen MR) is 113 cm³/mol. The van der Waals surface area contributed by atoms with Gasteiger partial charge in [0.1, 0.15) is 0 Å². The Labute approximate surface area is 169 Å². The third kappa shape index (κ3) is 4.87. The lowest BCUT2D eigenvalue weighted by atomic mass is 9.93. The van der Waals surface area contributed by atoms with Gasteiger partial charge in [0.15, 0.2) is 0 Å². The molecule has 3 aliphatic rings. The van der Waals surface area contributed by atoms with Crippen LogP contribution in [-0.2, 0) is 9.53 Å². The van der Waals surface area contributed by atoms with Crippen molar-refractivity contribution in [2.24, 2.45) is 11.8 Å². The Balaban J connectivity index is 1.17. The van der Waals surface area contributed by atoms with E-state index in [1.165, 1.54) is 11.3 Å². The second-order valence-corrected chi connectivity index (χ2v) is 8.84. The fraction of sp³-hybridized carbons (Fsp3) is 0.696. The normalized spacial score (nSPS) is 25.2. The summed E-state index contributed by atoms with van der Waals surface area (Å²) in [5.74, 6) is 1.04. The van der Waals surface area contributed by atoms with Crippen molar-refractivity contribution in [2.45, 2.75) is 45.1 Å². The molecule has 154 valence electrons. The highest BCUT2D eigenvalue weighted by molar-refractivity contribution is 5.78. The van der Waals surface area contributed by atoms with Gasteiger partial charge in [-0.15, -0.1) is 0 Å². The van der Waals surface area contributed by atoms with Gasteiger partial charge in [-0.05, 0) is 70.2 Å². The van der Waals surface area contributed by atoms with Gasteiger partial charge in [-0.3, -0.25) is 4.79 Å². The van der Waals surface area contributed by atoms with Crippen LogP contribution in [0.1, 0.15) is 37.7 Å². The first-order valence-corrected chi connectivity index (χ1v) is 11.1. The highest BCUT2D eigenvalue weighted by Gasteiger charge is 2.30. The van der Waals surface area contributed by atoms with Crippen LogP contribution in [0, 0.1) is 18.8 Å². The number of carbonyl (C=O) groups is 1. The predicted octanol–water partition coefficient (Wildman–Crippen LogP) is 2.83. The number of aryl methyl sites for hydroxylation is 1. The summed E-state index contributed by atoms with van der Waals surface area (Å²) in [6, 6.07) is 9.45. The van der Waals surface area contributed by atoms with Gasteiger partial charge >= 0.3 is 0 Å². The number of amides is 1. The molecule has 3 fully saturated rings. The van der Waals surface area contributed by atoms with Crippen LogP contribution < -0.4 is 10.2 Å². The highest BCUT2D eigenvalue weighted by Crippen LogP contribution is 2.25. The minimum absolute atomic E-state index is 0.200. The zero-order valence-corrected chi connectivity index (χ0v) is 17.2. The quantitative estimate of drug-likeness (QED) is 0.847. The molecule has 0 saturated carbocycles. The molecule has 1 unspecified atom stereocenters. The van der Waals surface area contributed by atoms with Crippen molar-refractivity contribution in [3.05, 3.63) is 29.8 Å². The summed E-state index contributed by atoms with van der Waals surface area (Å²) >= 11 is 0. The number of nitrogens with one attached hydrogen (secondary N) is 1. The zero-order valence-electron chi connectivity index (χ0n) is 17.2. The molecule has 5 heteroatoms. The molecule has 3 saturated heterocycles. The third-order valence-electron chi connectivity index (χ3n) is 6.86. The van der Waals surface area contributed by atoms with Gasteiger partial charge in [0.2, 0.25) is 5.91 Å². The number of nitrogens with zero attached hydrogens (tertiary/aromatic N) is 2. The van der Waals surface area contributed by atoms with E-state index >= 15 is 0 Å². The maximum atomic E-state index is 12.7. The summed E-state index contributed by atoms with van der Waals surface area (Å²) in [6.07, 6.45) is 5.47. The van der Waals surface area contributed by atoms with E-state index in [2.05, 4.69) is 46.3 Å². The van der Waals surface area contributed by atoms with Crippen LogP contribution in [0.4, 0.5) is 5.69 Å². The van der Waals surface area contributed by atoms with Crippen molar-refractivity contribution in [1.82, 2.24) is 10.2 Å².